The molecule has 0 unspecified atom stereocenters. The predicted molar refractivity (Wildman–Crippen MR) is 238 cm³/mol. The van der Waals surface area contributed by atoms with E-state index in [-0.39, 0.29) is 0 Å². The van der Waals surface area contributed by atoms with E-state index in [1.54, 1.807) is 0 Å². The maximum absolute atomic E-state index is 6.56. The summed E-state index contributed by atoms with van der Waals surface area (Å²) >= 11 is 0. The first kappa shape index (κ1) is 33.7. The highest BCUT2D eigenvalue weighted by Gasteiger charge is 2.24. The van der Waals surface area contributed by atoms with Crippen LogP contribution in [0, 0.1) is 0 Å². The van der Waals surface area contributed by atoms with Crippen LogP contribution in [0.4, 0.5) is 0 Å². The molecular weight excluding hydrogens is 741 g/mol. The van der Waals surface area contributed by atoms with Gasteiger partial charge < -0.3 is 18.0 Å². The zero-order chi connectivity index (χ0) is 39.6. The summed E-state index contributed by atoms with van der Waals surface area (Å²) < 4.78 is 17.7. The van der Waals surface area contributed by atoms with Crippen molar-refractivity contribution >= 4 is 43.6 Å². The highest BCUT2D eigenvalue weighted by molar-refractivity contribution is 6.10. The van der Waals surface area contributed by atoms with Crippen LogP contribution in [0.2, 0.25) is 0 Å². The molecular formula is C52H32N6O2. The lowest BCUT2D eigenvalue weighted by Gasteiger charge is -2.16. The number of nitrogens with zero attached hydrogens (tertiary/aromatic N) is 6. The average Bonchev–Trinajstić information content (AvgIpc) is 4.14. The lowest BCUT2D eigenvalue weighted by Crippen LogP contribution is -1.99. The summed E-state index contributed by atoms with van der Waals surface area (Å²) in [6, 6.07) is 66.5. The molecule has 0 aliphatic carbocycles. The summed E-state index contributed by atoms with van der Waals surface area (Å²) in [5, 5.41) is 23.2. The Labute approximate surface area is 343 Å². The van der Waals surface area contributed by atoms with E-state index in [0.29, 0.717) is 23.6 Å². The number of para-hydroxylation sites is 4. The fraction of sp³-hybridized carbons (Fsp3) is 0. The highest BCUT2D eigenvalue weighted by atomic mass is 16.4. The topological polar surface area (TPSA) is 87.7 Å². The first-order chi connectivity index (χ1) is 29.8. The van der Waals surface area contributed by atoms with Gasteiger partial charge in [0.2, 0.25) is 23.6 Å². The minimum atomic E-state index is 0.388. The Morgan fingerprint density at radius 2 is 0.600 bits per heavy atom. The zero-order valence-corrected chi connectivity index (χ0v) is 32.0. The molecule has 12 rings (SSSR count). The number of benzene rings is 8. The van der Waals surface area contributed by atoms with Crippen molar-refractivity contribution in [2.45, 2.75) is 0 Å². The summed E-state index contributed by atoms with van der Waals surface area (Å²) in [5.74, 6) is 1.65. The van der Waals surface area contributed by atoms with E-state index < -0.39 is 0 Å². The molecule has 0 aliphatic heterocycles. The summed E-state index contributed by atoms with van der Waals surface area (Å²) in [6.07, 6.45) is 0. The van der Waals surface area contributed by atoms with E-state index in [0.717, 1.165) is 66.8 Å². The lowest BCUT2D eigenvalue weighted by atomic mass is 9.94. The minimum absolute atomic E-state index is 0.388. The second kappa shape index (κ2) is 13.6. The molecule has 8 heteroatoms. The fourth-order valence-corrected chi connectivity index (χ4v) is 8.63. The van der Waals surface area contributed by atoms with E-state index >= 15 is 0 Å². The number of hydrogen-bond acceptors (Lipinski definition) is 6. The lowest BCUT2D eigenvalue weighted by molar-refractivity contribution is 0.583. The maximum Gasteiger partial charge on any atom is 0.248 e. The number of aromatic nitrogens is 6. The van der Waals surface area contributed by atoms with Gasteiger partial charge in [0.1, 0.15) is 0 Å². The Hall–Kier alpha value is -8.36. The van der Waals surface area contributed by atoms with Crippen molar-refractivity contribution in [2.75, 3.05) is 0 Å². The average molecular weight is 773 g/mol. The Kier molecular flexibility index (Phi) is 7.67. The fourth-order valence-electron chi connectivity index (χ4n) is 8.63. The van der Waals surface area contributed by atoms with Gasteiger partial charge in [-0.15, -0.1) is 20.4 Å². The van der Waals surface area contributed by atoms with Gasteiger partial charge in [-0.25, -0.2) is 0 Å². The molecule has 4 aromatic heterocycles. The molecule has 8 nitrogen and oxygen atoms in total. The van der Waals surface area contributed by atoms with Gasteiger partial charge in [0.05, 0.1) is 22.1 Å². The van der Waals surface area contributed by atoms with E-state index in [9.17, 15) is 0 Å². The van der Waals surface area contributed by atoms with Crippen molar-refractivity contribution in [3.05, 3.63) is 194 Å². The molecule has 0 fully saturated rings. The zero-order valence-electron chi connectivity index (χ0n) is 32.0. The maximum atomic E-state index is 6.56. The van der Waals surface area contributed by atoms with Crippen LogP contribution in [0.1, 0.15) is 0 Å². The van der Waals surface area contributed by atoms with Crippen LogP contribution in [0.5, 0.6) is 0 Å². The Balaban J connectivity index is 1.12. The van der Waals surface area contributed by atoms with Crippen LogP contribution < -0.4 is 0 Å². The van der Waals surface area contributed by atoms with Crippen LogP contribution in [0.15, 0.2) is 203 Å². The van der Waals surface area contributed by atoms with E-state index in [2.05, 4.69) is 163 Å². The van der Waals surface area contributed by atoms with Crippen molar-refractivity contribution in [1.29, 1.82) is 0 Å². The summed E-state index contributed by atoms with van der Waals surface area (Å²) in [6.45, 7) is 0. The summed E-state index contributed by atoms with van der Waals surface area (Å²) in [5.41, 5.74) is 11.3. The van der Waals surface area contributed by atoms with Crippen LogP contribution in [0.3, 0.4) is 0 Å². The summed E-state index contributed by atoms with van der Waals surface area (Å²) in [7, 11) is 0. The molecule has 0 atom stereocenters. The van der Waals surface area contributed by atoms with E-state index in [4.69, 9.17) is 8.83 Å². The molecule has 0 aliphatic rings. The van der Waals surface area contributed by atoms with Gasteiger partial charge in [-0.2, -0.15) is 0 Å². The van der Waals surface area contributed by atoms with Crippen LogP contribution >= 0.6 is 0 Å². The Morgan fingerprint density at radius 1 is 0.283 bits per heavy atom. The molecule has 0 bridgehead atoms. The number of rotatable bonds is 7. The van der Waals surface area contributed by atoms with Crippen molar-refractivity contribution in [2.24, 2.45) is 0 Å². The largest absolute Gasteiger partial charge is 0.416 e. The van der Waals surface area contributed by atoms with Crippen molar-refractivity contribution < 1.29 is 8.83 Å². The van der Waals surface area contributed by atoms with Gasteiger partial charge in [-0.05, 0) is 83.9 Å². The first-order valence-electron chi connectivity index (χ1n) is 19.8. The molecule has 282 valence electrons. The molecule has 12 aromatic rings. The molecule has 0 amide bonds. The second-order valence-corrected chi connectivity index (χ2v) is 14.8. The molecule has 0 radical (unpaired) electrons. The number of fused-ring (bicyclic) bond motifs is 6. The van der Waals surface area contributed by atoms with E-state index in [1.807, 2.05) is 60.7 Å². The monoisotopic (exact) mass is 772 g/mol. The molecule has 0 N–H and O–H groups in total. The SMILES string of the molecule is c1ccc(-c2nnc(-c3cc(-n4c5ccccc5c5ccccc54)ccc3-c3ccc(-n4c5ccccc5c5ccccc54)cc3-c3nnc(-c4ccccc4)o3)o2)cc1. The molecule has 0 spiro atoms. The third-order valence-electron chi connectivity index (χ3n) is 11.3. The van der Waals surface area contributed by atoms with Crippen LogP contribution in [-0.2, 0) is 0 Å². The van der Waals surface area contributed by atoms with Gasteiger partial charge in [-0.3, -0.25) is 0 Å². The molecule has 8 aromatic carbocycles. The standard InChI is InChI=1S/C52H32N6O2/c1-3-15-33(16-4-1)49-53-55-51(59-49)43-31-35(57-45-23-11-7-19-39(45)40-20-8-12-24-46(40)57)27-29-37(43)38-30-28-36(32-44(38)52-56-54-50(60-52)34-17-5-2-6-18-34)58-47-25-13-9-21-41(47)42-22-10-14-26-48(42)58/h1-32H. The van der Waals surface area contributed by atoms with Gasteiger partial charge >= 0.3 is 0 Å². The summed E-state index contributed by atoms with van der Waals surface area (Å²) in [4.78, 5) is 0. The van der Waals surface area contributed by atoms with Crippen molar-refractivity contribution in [1.82, 2.24) is 29.5 Å². The molecule has 0 saturated carbocycles. The van der Waals surface area contributed by atoms with Crippen molar-refractivity contribution in [3.8, 4) is 68.3 Å². The Morgan fingerprint density at radius 3 is 0.967 bits per heavy atom. The molecule has 60 heavy (non-hydrogen) atoms. The smallest absolute Gasteiger partial charge is 0.248 e. The predicted octanol–water partition coefficient (Wildman–Crippen LogP) is 13.0. The first-order valence-corrected chi connectivity index (χ1v) is 19.8. The highest BCUT2D eigenvalue weighted by Crippen LogP contribution is 2.43. The molecule has 4 heterocycles. The Bertz CT molecular complexity index is 3220. The van der Waals surface area contributed by atoms with Crippen LogP contribution in [-0.4, -0.2) is 29.5 Å². The third-order valence-corrected chi connectivity index (χ3v) is 11.3. The van der Waals surface area contributed by atoms with Gasteiger partial charge in [-0.1, -0.05) is 121 Å². The molecule has 0 saturated heterocycles. The second-order valence-electron chi connectivity index (χ2n) is 14.8. The third kappa shape index (κ3) is 5.39. The van der Waals surface area contributed by atoms with Gasteiger partial charge in [0, 0.05) is 55.2 Å². The quantitative estimate of drug-likeness (QED) is 0.160. The van der Waals surface area contributed by atoms with Crippen LogP contribution in [0.25, 0.3) is 112 Å². The van der Waals surface area contributed by atoms with E-state index in [1.165, 1.54) is 21.5 Å². The van der Waals surface area contributed by atoms with Crippen molar-refractivity contribution in [3.63, 3.8) is 0 Å². The number of hydrogen-bond donors (Lipinski definition) is 0. The minimum Gasteiger partial charge on any atom is -0.416 e. The normalized spacial score (nSPS) is 11.7. The van der Waals surface area contributed by atoms with Gasteiger partial charge in [0.25, 0.3) is 0 Å². The van der Waals surface area contributed by atoms with Gasteiger partial charge in [0.15, 0.2) is 0 Å².